The molecular weight excluding hydrogens is 366 g/mol. The van der Waals surface area contributed by atoms with Gasteiger partial charge in [0.25, 0.3) is 5.91 Å². The van der Waals surface area contributed by atoms with Crippen LogP contribution in [0.1, 0.15) is 6.92 Å². The number of carbonyl (C=O) groups is 1. The van der Waals surface area contributed by atoms with E-state index in [1.807, 2.05) is 43.3 Å². The van der Waals surface area contributed by atoms with Crippen LogP contribution in [0.2, 0.25) is 5.02 Å². The summed E-state index contributed by atoms with van der Waals surface area (Å²) < 4.78 is 10.7. The number of ether oxygens (including phenoxy) is 2. The van der Waals surface area contributed by atoms with Crippen molar-refractivity contribution in [3.8, 4) is 11.5 Å². The number of nitrogens with zero attached hydrogens (tertiary/aromatic N) is 1. The summed E-state index contributed by atoms with van der Waals surface area (Å²) in [7, 11) is 0. The highest BCUT2D eigenvalue weighted by molar-refractivity contribution is 6.33. The highest BCUT2D eigenvalue weighted by atomic mass is 35.5. The molecule has 1 atom stereocenters. The van der Waals surface area contributed by atoms with Crippen LogP contribution < -0.4 is 24.6 Å². The topological polar surface area (TPSA) is 55.2 Å². The molecule has 6 nitrogen and oxygen atoms in total. The van der Waals surface area contributed by atoms with Crippen molar-refractivity contribution in [1.29, 1.82) is 0 Å². The van der Waals surface area contributed by atoms with Crippen molar-refractivity contribution in [3.63, 3.8) is 0 Å². The van der Waals surface area contributed by atoms with Crippen LogP contribution in [0.4, 0.5) is 11.4 Å². The van der Waals surface area contributed by atoms with E-state index in [4.69, 9.17) is 21.1 Å². The first-order valence-electron chi connectivity index (χ1n) is 9.16. The Labute approximate surface area is 163 Å². The second-order valence-electron chi connectivity index (χ2n) is 6.88. The molecule has 7 heteroatoms. The molecule has 2 heterocycles. The monoisotopic (exact) mass is 388 g/mol. The maximum Gasteiger partial charge on any atom is 0.282 e. The highest BCUT2D eigenvalue weighted by Gasteiger charge is 2.30. The lowest BCUT2D eigenvalue weighted by molar-refractivity contribution is -0.914. The van der Waals surface area contributed by atoms with Gasteiger partial charge in [0, 0.05) is 11.8 Å². The molecule has 0 spiro atoms. The van der Waals surface area contributed by atoms with Gasteiger partial charge in [-0.05, 0) is 31.2 Å². The summed E-state index contributed by atoms with van der Waals surface area (Å²) in [6, 6.07) is 13.2. The van der Waals surface area contributed by atoms with Crippen LogP contribution in [0.15, 0.2) is 42.5 Å². The molecule has 1 fully saturated rings. The Balaban J connectivity index is 1.34. The second kappa shape index (κ2) is 7.66. The fourth-order valence-electron chi connectivity index (χ4n) is 3.59. The van der Waals surface area contributed by atoms with Crippen LogP contribution in [0.5, 0.6) is 11.5 Å². The van der Waals surface area contributed by atoms with Crippen LogP contribution in [-0.4, -0.2) is 44.9 Å². The van der Waals surface area contributed by atoms with E-state index in [0.717, 1.165) is 42.6 Å². The van der Waals surface area contributed by atoms with E-state index in [9.17, 15) is 4.79 Å². The van der Waals surface area contributed by atoms with Gasteiger partial charge in [-0.25, -0.2) is 0 Å². The third kappa shape index (κ3) is 3.82. The predicted octanol–water partition coefficient (Wildman–Crippen LogP) is 1.80. The van der Waals surface area contributed by atoms with Crippen molar-refractivity contribution < 1.29 is 19.2 Å². The molecular formula is C20H23ClN3O3+. The van der Waals surface area contributed by atoms with E-state index >= 15 is 0 Å². The molecule has 142 valence electrons. The number of nitrogens with one attached hydrogen (secondary N) is 2. The summed E-state index contributed by atoms with van der Waals surface area (Å²) in [5.41, 5.74) is 1.79. The SMILES string of the molecule is C[C@H](C(=O)Nc1ccc2c(c1)OCO2)[NH+]1CCN(c2ccccc2Cl)CC1. The Morgan fingerprint density at radius 1 is 1.15 bits per heavy atom. The zero-order valence-electron chi connectivity index (χ0n) is 15.2. The molecule has 2 N–H and O–H groups in total. The van der Waals surface area contributed by atoms with Crippen LogP contribution in [-0.2, 0) is 4.79 Å². The number of quaternary nitrogens is 1. The van der Waals surface area contributed by atoms with Gasteiger partial charge in [-0.3, -0.25) is 4.79 Å². The zero-order chi connectivity index (χ0) is 18.8. The molecule has 0 aromatic heterocycles. The third-order valence-electron chi connectivity index (χ3n) is 5.24. The van der Waals surface area contributed by atoms with E-state index in [0.29, 0.717) is 11.5 Å². The number of amides is 1. The molecule has 4 rings (SSSR count). The van der Waals surface area contributed by atoms with Crippen molar-refractivity contribution in [2.45, 2.75) is 13.0 Å². The molecule has 2 aromatic carbocycles. The standard InChI is InChI=1S/C20H22ClN3O3/c1-14(20(25)22-15-6-7-18-19(12-15)27-13-26-18)23-8-10-24(11-9-23)17-5-3-2-4-16(17)21/h2-7,12,14H,8-11,13H2,1H3,(H,22,25)/p+1/t14-/m1/s1. The molecule has 2 aliphatic rings. The predicted molar refractivity (Wildman–Crippen MR) is 105 cm³/mol. The Bertz CT molecular complexity index is 837. The molecule has 1 saturated heterocycles. The Hall–Kier alpha value is -2.44. The average Bonchev–Trinajstić information content (AvgIpc) is 3.16. The molecule has 0 bridgehead atoms. The van der Waals surface area contributed by atoms with Crippen LogP contribution in [0, 0.1) is 0 Å². The van der Waals surface area contributed by atoms with E-state index in [-0.39, 0.29) is 18.7 Å². The summed E-state index contributed by atoms with van der Waals surface area (Å²) in [5, 5.41) is 3.76. The average molecular weight is 389 g/mol. The molecule has 0 unspecified atom stereocenters. The molecule has 2 aliphatic heterocycles. The first-order chi connectivity index (χ1) is 13.1. The summed E-state index contributed by atoms with van der Waals surface area (Å²) in [6.07, 6.45) is 0. The molecule has 0 saturated carbocycles. The number of benzene rings is 2. The number of carbonyl (C=O) groups excluding carboxylic acids is 1. The van der Waals surface area contributed by atoms with E-state index in [2.05, 4.69) is 10.2 Å². The number of fused-ring (bicyclic) bond motifs is 1. The number of para-hydroxylation sites is 1. The first-order valence-corrected chi connectivity index (χ1v) is 9.54. The van der Waals surface area contributed by atoms with Gasteiger partial charge >= 0.3 is 0 Å². The zero-order valence-corrected chi connectivity index (χ0v) is 16.0. The van der Waals surface area contributed by atoms with Gasteiger partial charge in [-0.2, -0.15) is 0 Å². The van der Waals surface area contributed by atoms with Crippen molar-refractivity contribution >= 4 is 28.9 Å². The van der Waals surface area contributed by atoms with Gasteiger partial charge in [0.15, 0.2) is 17.5 Å². The summed E-state index contributed by atoms with van der Waals surface area (Å²) >= 11 is 6.31. The Morgan fingerprint density at radius 2 is 1.89 bits per heavy atom. The fraction of sp³-hybridized carbons (Fsp3) is 0.350. The van der Waals surface area contributed by atoms with Gasteiger partial charge in [0.2, 0.25) is 6.79 Å². The number of rotatable bonds is 4. The van der Waals surface area contributed by atoms with E-state index in [1.165, 1.54) is 4.90 Å². The number of halogens is 1. The van der Waals surface area contributed by atoms with Crippen molar-refractivity contribution in [2.75, 3.05) is 43.2 Å². The molecule has 2 aromatic rings. The Morgan fingerprint density at radius 3 is 2.67 bits per heavy atom. The quantitative estimate of drug-likeness (QED) is 0.838. The first kappa shape index (κ1) is 17.9. The van der Waals surface area contributed by atoms with Crippen LogP contribution >= 0.6 is 11.6 Å². The summed E-state index contributed by atoms with van der Waals surface area (Å²) in [5.74, 6) is 1.39. The van der Waals surface area contributed by atoms with Gasteiger partial charge in [0.05, 0.1) is 36.9 Å². The maximum atomic E-state index is 12.7. The van der Waals surface area contributed by atoms with Gasteiger partial charge in [-0.1, -0.05) is 23.7 Å². The van der Waals surface area contributed by atoms with Crippen LogP contribution in [0.25, 0.3) is 0 Å². The lowest BCUT2D eigenvalue weighted by Crippen LogP contribution is -3.19. The van der Waals surface area contributed by atoms with Gasteiger partial charge < -0.3 is 24.6 Å². The lowest BCUT2D eigenvalue weighted by atomic mass is 10.2. The normalized spacial score (nSPS) is 17.6. The van der Waals surface area contributed by atoms with Crippen molar-refractivity contribution in [1.82, 2.24) is 0 Å². The Kier molecular flexibility index (Phi) is 5.09. The third-order valence-corrected chi connectivity index (χ3v) is 5.56. The molecule has 27 heavy (non-hydrogen) atoms. The maximum absolute atomic E-state index is 12.7. The van der Waals surface area contributed by atoms with Crippen molar-refractivity contribution in [3.05, 3.63) is 47.5 Å². The fourth-order valence-corrected chi connectivity index (χ4v) is 3.84. The summed E-state index contributed by atoms with van der Waals surface area (Å²) in [4.78, 5) is 16.2. The summed E-state index contributed by atoms with van der Waals surface area (Å²) in [6.45, 7) is 5.73. The minimum atomic E-state index is -0.135. The minimum absolute atomic E-state index is 0.00931. The lowest BCUT2D eigenvalue weighted by Gasteiger charge is -2.36. The highest BCUT2D eigenvalue weighted by Crippen LogP contribution is 2.34. The van der Waals surface area contributed by atoms with Gasteiger partial charge in [-0.15, -0.1) is 0 Å². The van der Waals surface area contributed by atoms with E-state index < -0.39 is 0 Å². The van der Waals surface area contributed by atoms with Crippen LogP contribution in [0.3, 0.4) is 0 Å². The largest absolute Gasteiger partial charge is 0.454 e. The smallest absolute Gasteiger partial charge is 0.282 e. The molecule has 0 aliphatic carbocycles. The number of hydrogen-bond acceptors (Lipinski definition) is 4. The van der Waals surface area contributed by atoms with Gasteiger partial charge in [0.1, 0.15) is 0 Å². The van der Waals surface area contributed by atoms with E-state index in [1.54, 1.807) is 6.07 Å². The number of piperazine rings is 1. The number of hydrogen-bond donors (Lipinski definition) is 2. The minimum Gasteiger partial charge on any atom is -0.454 e. The van der Waals surface area contributed by atoms with Crippen molar-refractivity contribution in [2.24, 2.45) is 0 Å². The second-order valence-corrected chi connectivity index (χ2v) is 7.28. The molecule has 0 radical (unpaired) electrons. The molecule has 1 amide bonds. The number of anilines is 2.